The van der Waals surface area contributed by atoms with Gasteiger partial charge in [0, 0.05) is 30.9 Å². The van der Waals surface area contributed by atoms with Gasteiger partial charge in [0.1, 0.15) is 6.33 Å². The highest BCUT2D eigenvalue weighted by atomic mass is 16.1. The first kappa shape index (κ1) is 11.7. The first-order chi connectivity index (χ1) is 10.3. The zero-order chi connectivity index (χ0) is 14.2. The van der Waals surface area contributed by atoms with Crippen molar-refractivity contribution in [1.82, 2.24) is 39.3 Å². The molecule has 0 amide bonds. The Kier molecular flexibility index (Phi) is 2.49. The molecule has 0 saturated heterocycles. The number of fused-ring (bicyclic) bond motifs is 3. The summed E-state index contributed by atoms with van der Waals surface area (Å²) in [4.78, 5) is 23.6. The molecule has 4 aromatic rings. The van der Waals surface area contributed by atoms with Crippen molar-refractivity contribution in [3.8, 4) is 0 Å². The van der Waals surface area contributed by atoms with Crippen LogP contribution in [0.1, 0.15) is 5.69 Å². The average molecular weight is 282 g/mol. The van der Waals surface area contributed by atoms with Crippen molar-refractivity contribution in [2.75, 3.05) is 0 Å². The van der Waals surface area contributed by atoms with Gasteiger partial charge in [-0.05, 0) is 0 Å². The molecular weight excluding hydrogens is 272 g/mol. The zero-order valence-corrected chi connectivity index (χ0v) is 10.8. The Bertz CT molecular complexity index is 968. The van der Waals surface area contributed by atoms with E-state index in [1.165, 1.54) is 15.4 Å². The number of hydrogen-bond donors (Lipinski definition) is 1. The third kappa shape index (κ3) is 1.86. The van der Waals surface area contributed by atoms with Crippen LogP contribution in [0.3, 0.4) is 0 Å². The van der Waals surface area contributed by atoms with Crippen molar-refractivity contribution in [2.45, 2.75) is 13.0 Å². The Labute approximate surface area is 117 Å². The molecule has 0 aliphatic rings. The van der Waals surface area contributed by atoms with E-state index in [0.29, 0.717) is 24.3 Å². The second-order valence-corrected chi connectivity index (χ2v) is 4.54. The number of nitrogens with zero attached hydrogens (tertiary/aromatic N) is 7. The molecule has 4 aromatic heterocycles. The molecule has 0 aliphatic carbocycles. The highest BCUT2D eigenvalue weighted by Gasteiger charge is 2.10. The molecule has 0 saturated carbocycles. The smallest absolute Gasteiger partial charge is 0.283 e. The highest BCUT2D eigenvalue weighted by molar-refractivity contribution is 5.70. The van der Waals surface area contributed by atoms with Gasteiger partial charge in [0.15, 0.2) is 16.8 Å². The maximum Gasteiger partial charge on any atom is 0.283 e. The van der Waals surface area contributed by atoms with Crippen LogP contribution in [0.4, 0.5) is 0 Å². The summed E-state index contributed by atoms with van der Waals surface area (Å²) in [5.41, 5.74) is 1.90. The van der Waals surface area contributed by atoms with Gasteiger partial charge in [0.25, 0.3) is 5.56 Å². The summed E-state index contributed by atoms with van der Waals surface area (Å²) in [5.74, 6) is 0. The van der Waals surface area contributed by atoms with Crippen molar-refractivity contribution >= 4 is 16.8 Å². The summed E-state index contributed by atoms with van der Waals surface area (Å²) in [6.07, 6.45) is 7.09. The normalized spacial score (nSPS) is 11.4. The summed E-state index contributed by atoms with van der Waals surface area (Å²) < 4.78 is 3.01. The highest BCUT2D eigenvalue weighted by Crippen LogP contribution is 2.05. The summed E-state index contributed by atoms with van der Waals surface area (Å²) in [6.45, 7) is 0.489. The molecule has 1 N–H and O–H groups in total. The molecule has 4 rings (SSSR count). The predicted octanol–water partition coefficient (Wildman–Crippen LogP) is -0.200. The van der Waals surface area contributed by atoms with Gasteiger partial charge >= 0.3 is 0 Å². The number of aromatic amines is 1. The van der Waals surface area contributed by atoms with Gasteiger partial charge in [-0.3, -0.25) is 9.36 Å². The minimum atomic E-state index is -0.232. The lowest BCUT2D eigenvalue weighted by Gasteiger charge is -2.05. The fraction of sp³-hybridized carbons (Fsp3) is 0.167. The van der Waals surface area contributed by atoms with Crippen LogP contribution in [0.25, 0.3) is 16.8 Å². The molecule has 0 spiro atoms. The van der Waals surface area contributed by atoms with Crippen molar-refractivity contribution in [3.05, 3.63) is 47.2 Å². The lowest BCUT2D eigenvalue weighted by molar-refractivity contribution is 0.651. The Morgan fingerprint density at radius 3 is 3.10 bits per heavy atom. The van der Waals surface area contributed by atoms with Crippen LogP contribution in [-0.4, -0.2) is 39.3 Å². The SMILES string of the molecule is O=c1c2nnc3ccnn3c2ncn1CCc1cnc[nH]1. The molecule has 104 valence electrons. The molecule has 0 unspecified atom stereocenters. The molecule has 9 heteroatoms. The van der Waals surface area contributed by atoms with E-state index in [4.69, 9.17) is 0 Å². The minimum absolute atomic E-state index is 0.207. The second-order valence-electron chi connectivity index (χ2n) is 4.54. The maximum absolute atomic E-state index is 12.4. The van der Waals surface area contributed by atoms with Crippen LogP contribution in [0.15, 0.2) is 35.9 Å². The third-order valence-corrected chi connectivity index (χ3v) is 3.25. The van der Waals surface area contributed by atoms with Gasteiger partial charge in [-0.2, -0.15) is 9.61 Å². The summed E-state index contributed by atoms with van der Waals surface area (Å²) in [6, 6.07) is 1.71. The monoisotopic (exact) mass is 282 g/mol. The molecule has 9 nitrogen and oxygen atoms in total. The van der Waals surface area contributed by atoms with Crippen LogP contribution in [-0.2, 0) is 13.0 Å². The quantitative estimate of drug-likeness (QED) is 0.557. The number of aryl methyl sites for hydroxylation is 2. The van der Waals surface area contributed by atoms with Crippen LogP contribution >= 0.6 is 0 Å². The molecule has 0 atom stereocenters. The number of nitrogens with one attached hydrogen (secondary N) is 1. The molecule has 0 fully saturated rings. The molecule has 0 aromatic carbocycles. The number of rotatable bonds is 3. The number of H-pyrrole nitrogens is 1. The average Bonchev–Trinajstić information content (AvgIpc) is 3.17. The summed E-state index contributed by atoms with van der Waals surface area (Å²) >= 11 is 0. The van der Waals surface area contributed by atoms with Crippen LogP contribution < -0.4 is 5.56 Å². The van der Waals surface area contributed by atoms with Crippen LogP contribution in [0.5, 0.6) is 0 Å². The second kappa shape index (κ2) is 4.47. The maximum atomic E-state index is 12.4. The molecule has 0 radical (unpaired) electrons. The van der Waals surface area contributed by atoms with Crippen molar-refractivity contribution < 1.29 is 0 Å². The fourth-order valence-corrected chi connectivity index (χ4v) is 2.17. The lowest BCUT2D eigenvalue weighted by Crippen LogP contribution is -2.23. The topological polar surface area (TPSA) is 107 Å². The van der Waals surface area contributed by atoms with Crippen molar-refractivity contribution in [2.24, 2.45) is 0 Å². The van der Waals surface area contributed by atoms with Gasteiger partial charge in [0.2, 0.25) is 0 Å². The van der Waals surface area contributed by atoms with Crippen molar-refractivity contribution in [3.63, 3.8) is 0 Å². The van der Waals surface area contributed by atoms with Crippen LogP contribution in [0.2, 0.25) is 0 Å². The van der Waals surface area contributed by atoms with E-state index in [0.717, 1.165) is 5.69 Å². The summed E-state index contributed by atoms with van der Waals surface area (Å²) in [5, 5.41) is 12.0. The van der Waals surface area contributed by atoms with Gasteiger partial charge in [-0.1, -0.05) is 0 Å². The molecular formula is C12H10N8O. The van der Waals surface area contributed by atoms with Gasteiger partial charge in [-0.25, -0.2) is 9.97 Å². The van der Waals surface area contributed by atoms with E-state index in [9.17, 15) is 4.79 Å². The third-order valence-electron chi connectivity index (χ3n) is 3.25. The predicted molar refractivity (Wildman–Crippen MR) is 72.6 cm³/mol. The largest absolute Gasteiger partial charge is 0.348 e. The number of imidazole rings is 1. The zero-order valence-electron chi connectivity index (χ0n) is 10.8. The Hall–Kier alpha value is -3.10. The Morgan fingerprint density at radius 2 is 2.24 bits per heavy atom. The molecule has 4 heterocycles. The Balaban J connectivity index is 1.79. The number of hydrogen-bond acceptors (Lipinski definition) is 6. The molecule has 0 bridgehead atoms. The van der Waals surface area contributed by atoms with Gasteiger partial charge in [0.05, 0.1) is 12.5 Å². The van der Waals surface area contributed by atoms with Gasteiger partial charge in [-0.15, -0.1) is 10.2 Å². The van der Waals surface area contributed by atoms with E-state index in [-0.39, 0.29) is 11.1 Å². The standard InChI is InChI=1S/C12H10N8O/c21-12-10-11(20-9(17-18-10)1-3-16-20)15-7-19(12)4-2-8-5-13-6-14-8/h1,3,5-7H,2,4H2,(H,13,14). The molecule has 0 aliphatic heterocycles. The van der Waals surface area contributed by atoms with E-state index >= 15 is 0 Å². The van der Waals surface area contributed by atoms with Crippen molar-refractivity contribution in [1.29, 1.82) is 0 Å². The first-order valence-corrected chi connectivity index (χ1v) is 6.36. The summed E-state index contributed by atoms with van der Waals surface area (Å²) in [7, 11) is 0. The van der Waals surface area contributed by atoms with E-state index in [1.54, 1.807) is 24.8 Å². The van der Waals surface area contributed by atoms with Gasteiger partial charge < -0.3 is 4.98 Å². The molecule has 21 heavy (non-hydrogen) atoms. The fourth-order valence-electron chi connectivity index (χ4n) is 2.17. The minimum Gasteiger partial charge on any atom is -0.348 e. The van der Waals surface area contributed by atoms with E-state index in [2.05, 4.69) is 30.2 Å². The van der Waals surface area contributed by atoms with Crippen LogP contribution in [0, 0.1) is 0 Å². The first-order valence-electron chi connectivity index (χ1n) is 6.36. The number of aromatic nitrogens is 8. The Morgan fingerprint density at radius 1 is 1.29 bits per heavy atom. The van der Waals surface area contributed by atoms with E-state index in [1.807, 2.05) is 0 Å². The lowest BCUT2D eigenvalue weighted by atomic mass is 10.3. The van der Waals surface area contributed by atoms with E-state index < -0.39 is 0 Å².